The highest BCUT2D eigenvalue weighted by Crippen LogP contribution is 2.08. The van der Waals surface area contributed by atoms with E-state index in [0.29, 0.717) is 12.0 Å². The zero-order chi connectivity index (χ0) is 12.8. The van der Waals surface area contributed by atoms with Crippen LogP contribution in [0.4, 0.5) is 0 Å². The summed E-state index contributed by atoms with van der Waals surface area (Å²) in [5, 5.41) is 17.5. The Morgan fingerprint density at radius 1 is 1.11 bits per heavy atom. The third-order valence-electron chi connectivity index (χ3n) is 2.53. The lowest BCUT2D eigenvalue weighted by atomic mass is 10.3. The van der Waals surface area contributed by atoms with Gasteiger partial charge in [0.15, 0.2) is 0 Å². The molecule has 4 nitrogen and oxygen atoms in total. The molecular formula is C14H16N2O2. The van der Waals surface area contributed by atoms with Crippen molar-refractivity contribution < 1.29 is 9.84 Å². The Kier molecular flexibility index (Phi) is 4.15. The first kappa shape index (κ1) is 12.4. The number of aliphatic hydroxyl groups excluding tert-OH is 1. The van der Waals surface area contributed by atoms with Crippen LogP contribution >= 0.6 is 0 Å². The van der Waals surface area contributed by atoms with Gasteiger partial charge in [-0.2, -0.15) is 0 Å². The first-order valence-electron chi connectivity index (χ1n) is 5.81. The number of hydrogen-bond donors (Lipinski definition) is 2. The van der Waals surface area contributed by atoms with Crippen LogP contribution in [0.25, 0.3) is 0 Å². The van der Waals surface area contributed by atoms with Crippen molar-refractivity contribution in [1.82, 2.24) is 4.57 Å². The van der Waals surface area contributed by atoms with Gasteiger partial charge in [-0.05, 0) is 24.3 Å². The second kappa shape index (κ2) is 6.02. The van der Waals surface area contributed by atoms with Crippen LogP contribution in [0.15, 0.2) is 54.7 Å². The zero-order valence-electron chi connectivity index (χ0n) is 9.99. The molecule has 1 aromatic carbocycles. The van der Waals surface area contributed by atoms with E-state index in [4.69, 9.17) is 10.1 Å². The number of ether oxygens (including phenoxy) is 1. The molecule has 4 heteroatoms. The number of para-hydroxylation sites is 1. The fraction of sp³-hybridized carbons (Fsp3) is 0.214. The third kappa shape index (κ3) is 3.46. The van der Waals surface area contributed by atoms with Gasteiger partial charge in [0.1, 0.15) is 23.9 Å². The van der Waals surface area contributed by atoms with Crippen molar-refractivity contribution in [2.24, 2.45) is 0 Å². The van der Waals surface area contributed by atoms with Crippen molar-refractivity contribution in [3.63, 3.8) is 0 Å². The first-order chi connectivity index (χ1) is 8.75. The number of rotatable bonds is 5. The van der Waals surface area contributed by atoms with Gasteiger partial charge in [-0.15, -0.1) is 0 Å². The SMILES string of the molecule is N=c1ccccn1C[C@H](O)COc1ccccc1. The molecule has 0 unspecified atom stereocenters. The smallest absolute Gasteiger partial charge is 0.124 e. The zero-order valence-corrected chi connectivity index (χ0v) is 9.99. The van der Waals surface area contributed by atoms with E-state index in [0.717, 1.165) is 5.75 Å². The van der Waals surface area contributed by atoms with Gasteiger partial charge in [0, 0.05) is 6.20 Å². The minimum atomic E-state index is -0.637. The standard InChI is InChI=1S/C14H16N2O2/c15-14-8-4-5-9-16(14)10-12(17)11-18-13-6-2-1-3-7-13/h1-9,12,15,17H,10-11H2/t12-/m0/s1. The van der Waals surface area contributed by atoms with Crippen LogP contribution in [0, 0.1) is 5.41 Å². The average Bonchev–Trinajstić information content (AvgIpc) is 2.40. The van der Waals surface area contributed by atoms with Crippen molar-refractivity contribution in [2.45, 2.75) is 12.6 Å². The van der Waals surface area contributed by atoms with Crippen LogP contribution in [0.2, 0.25) is 0 Å². The molecule has 1 atom stereocenters. The van der Waals surface area contributed by atoms with Gasteiger partial charge in [0.05, 0.1) is 6.54 Å². The molecule has 0 amide bonds. The molecule has 0 saturated heterocycles. The third-order valence-corrected chi connectivity index (χ3v) is 2.53. The van der Waals surface area contributed by atoms with Crippen LogP contribution in [-0.4, -0.2) is 22.4 Å². The predicted octanol–water partition coefficient (Wildman–Crippen LogP) is 1.41. The summed E-state index contributed by atoms with van der Waals surface area (Å²) in [6.07, 6.45) is 1.13. The van der Waals surface area contributed by atoms with Gasteiger partial charge in [0.2, 0.25) is 0 Å². The second-order valence-corrected chi connectivity index (χ2v) is 4.02. The van der Waals surface area contributed by atoms with Crippen molar-refractivity contribution in [2.75, 3.05) is 6.61 Å². The molecule has 2 rings (SSSR count). The quantitative estimate of drug-likeness (QED) is 0.835. The summed E-state index contributed by atoms with van der Waals surface area (Å²) in [4.78, 5) is 0. The number of nitrogens with zero attached hydrogens (tertiary/aromatic N) is 1. The number of benzene rings is 1. The molecule has 0 aliphatic rings. The molecule has 94 valence electrons. The van der Waals surface area contributed by atoms with E-state index in [1.54, 1.807) is 22.9 Å². The van der Waals surface area contributed by atoms with Crippen LogP contribution < -0.4 is 10.2 Å². The highest BCUT2D eigenvalue weighted by Gasteiger charge is 2.06. The minimum Gasteiger partial charge on any atom is -0.491 e. The Bertz CT molecular complexity index is 537. The molecule has 2 aromatic rings. The Morgan fingerprint density at radius 3 is 2.56 bits per heavy atom. The van der Waals surface area contributed by atoms with E-state index < -0.39 is 6.10 Å². The van der Waals surface area contributed by atoms with E-state index >= 15 is 0 Å². The summed E-state index contributed by atoms with van der Waals surface area (Å²) < 4.78 is 7.13. The van der Waals surface area contributed by atoms with Gasteiger partial charge < -0.3 is 14.4 Å². The summed E-state index contributed by atoms with van der Waals surface area (Å²) >= 11 is 0. The number of aliphatic hydroxyl groups is 1. The summed E-state index contributed by atoms with van der Waals surface area (Å²) in [7, 11) is 0. The molecule has 0 spiro atoms. The largest absolute Gasteiger partial charge is 0.491 e. The Hall–Kier alpha value is -2.07. The van der Waals surface area contributed by atoms with Crippen molar-refractivity contribution >= 4 is 0 Å². The van der Waals surface area contributed by atoms with Crippen LogP contribution in [0.3, 0.4) is 0 Å². The fourth-order valence-corrected chi connectivity index (χ4v) is 1.62. The van der Waals surface area contributed by atoms with E-state index in [9.17, 15) is 5.11 Å². The molecule has 18 heavy (non-hydrogen) atoms. The van der Waals surface area contributed by atoms with E-state index in [1.807, 2.05) is 36.4 Å². The van der Waals surface area contributed by atoms with Crippen LogP contribution in [0.5, 0.6) is 5.75 Å². The number of pyridine rings is 1. The average molecular weight is 244 g/mol. The topological polar surface area (TPSA) is 58.2 Å². The first-order valence-corrected chi connectivity index (χ1v) is 5.81. The normalized spacial score (nSPS) is 12.1. The summed E-state index contributed by atoms with van der Waals surface area (Å²) in [5.74, 6) is 0.737. The number of aromatic nitrogens is 1. The minimum absolute atomic E-state index is 0.214. The summed E-state index contributed by atoms with van der Waals surface area (Å²) in [6, 6.07) is 14.7. The summed E-state index contributed by atoms with van der Waals surface area (Å²) in [6.45, 7) is 0.567. The molecule has 2 N–H and O–H groups in total. The molecule has 1 heterocycles. The molecule has 0 bridgehead atoms. The predicted molar refractivity (Wildman–Crippen MR) is 68.2 cm³/mol. The van der Waals surface area contributed by atoms with Gasteiger partial charge in [-0.1, -0.05) is 24.3 Å². The van der Waals surface area contributed by atoms with Crippen LogP contribution in [-0.2, 0) is 6.54 Å². The lowest BCUT2D eigenvalue weighted by molar-refractivity contribution is 0.0912. The Morgan fingerprint density at radius 2 is 1.83 bits per heavy atom. The highest BCUT2D eigenvalue weighted by atomic mass is 16.5. The van der Waals surface area contributed by atoms with Gasteiger partial charge in [-0.3, -0.25) is 5.41 Å². The lowest BCUT2D eigenvalue weighted by Crippen LogP contribution is -2.29. The molecule has 0 saturated carbocycles. The molecule has 0 fully saturated rings. The maximum absolute atomic E-state index is 9.86. The summed E-state index contributed by atoms with van der Waals surface area (Å²) in [5.41, 5.74) is 0.372. The Labute approximate surface area is 106 Å². The van der Waals surface area contributed by atoms with Crippen molar-refractivity contribution in [3.05, 3.63) is 60.2 Å². The second-order valence-electron chi connectivity index (χ2n) is 4.02. The maximum atomic E-state index is 9.86. The lowest BCUT2D eigenvalue weighted by Gasteiger charge is -2.14. The molecule has 0 aliphatic carbocycles. The Balaban J connectivity index is 1.88. The van der Waals surface area contributed by atoms with Crippen molar-refractivity contribution in [3.8, 4) is 5.75 Å². The van der Waals surface area contributed by atoms with E-state index in [2.05, 4.69) is 0 Å². The van der Waals surface area contributed by atoms with Gasteiger partial charge in [-0.25, -0.2) is 0 Å². The number of nitrogens with one attached hydrogen (secondary N) is 1. The van der Waals surface area contributed by atoms with E-state index in [-0.39, 0.29) is 6.61 Å². The molecule has 1 aromatic heterocycles. The molecule has 0 radical (unpaired) electrons. The molecular weight excluding hydrogens is 228 g/mol. The number of hydrogen-bond acceptors (Lipinski definition) is 3. The van der Waals surface area contributed by atoms with E-state index in [1.165, 1.54) is 0 Å². The monoisotopic (exact) mass is 244 g/mol. The van der Waals surface area contributed by atoms with Gasteiger partial charge in [0.25, 0.3) is 0 Å². The van der Waals surface area contributed by atoms with Gasteiger partial charge >= 0.3 is 0 Å². The molecule has 0 aliphatic heterocycles. The van der Waals surface area contributed by atoms with Crippen LogP contribution in [0.1, 0.15) is 0 Å². The van der Waals surface area contributed by atoms with Crippen molar-refractivity contribution in [1.29, 1.82) is 5.41 Å². The maximum Gasteiger partial charge on any atom is 0.124 e. The highest BCUT2D eigenvalue weighted by molar-refractivity contribution is 5.20. The fourth-order valence-electron chi connectivity index (χ4n) is 1.62.